The molecular weight excluding hydrogens is 150 g/mol. The van der Waals surface area contributed by atoms with Gasteiger partial charge in [-0.1, -0.05) is 0 Å². The van der Waals surface area contributed by atoms with E-state index in [0.717, 1.165) is 6.42 Å². The Morgan fingerprint density at radius 3 is 2.70 bits per heavy atom. The van der Waals surface area contributed by atoms with E-state index in [0.29, 0.717) is 24.0 Å². The normalized spacial score (nSPS) is 17.2. The number of carbonyl (C=O) groups is 1. The molecule has 0 atom stereocenters. The Kier molecular flexibility index (Phi) is 2.08. The van der Waals surface area contributed by atoms with E-state index >= 15 is 0 Å². The van der Waals surface area contributed by atoms with Crippen molar-refractivity contribution in [3.63, 3.8) is 0 Å². The molecule has 0 unspecified atom stereocenters. The highest BCUT2D eigenvalue weighted by Crippen LogP contribution is 2.26. The fourth-order valence-corrected chi connectivity index (χ4v) is 1.29. The third-order valence-corrected chi connectivity index (χ3v) is 1.82. The fraction of sp³-hybridized carbons (Fsp3) is 0.429. The number of rotatable bonds is 1. The fourth-order valence-electron chi connectivity index (χ4n) is 1.08. The van der Waals surface area contributed by atoms with Crippen LogP contribution in [0.5, 0.6) is 0 Å². The largest absolute Gasteiger partial charge is 0.276 e. The molecule has 0 fully saturated rings. The van der Waals surface area contributed by atoms with Crippen LogP contribution in [0.25, 0.3) is 0 Å². The van der Waals surface area contributed by atoms with Gasteiger partial charge in [0.25, 0.3) is 0 Å². The molecule has 0 saturated heterocycles. The molecule has 0 amide bonds. The Morgan fingerprint density at radius 1 is 1.60 bits per heavy atom. The van der Waals surface area contributed by atoms with Crippen LogP contribution in [0.1, 0.15) is 19.3 Å². The predicted octanol–water partition coefficient (Wildman–Crippen LogP) is 1.76. The van der Waals surface area contributed by atoms with Gasteiger partial charge in [-0.15, -0.1) is 0 Å². The zero-order valence-corrected chi connectivity index (χ0v) is 6.11. The lowest BCUT2D eigenvalue weighted by Gasteiger charge is -1.89. The van der Waals surface area contributed by atoms with Crippen molar-refractivity contribution in [1.29, 1.82) is 5.26 Å². The van der Waals surface area contributed by atoms with Crippen LogP contribution in [0.2, 0.25) is 0 Å². The zero-order chi connectivity index (χ0) is 7.56. The average molecular weight is 156 g/mol. The van der Waals surface area contributed by atoms with Gasteiger partial charge < -0.3 is 0 Å². The minimum Gasteiger partial charge on any atom is -0.276 e. The Morgan fingerprint density at radius 2 is 2.30 bits per heavy atom. The molecular formula is C7H6ClNO. The van der Waals surface area contributed by atoms with Gasteiger partial charge in [-0.2, -0.15) is 5.26 Å². The second kappa shape index (κ2) is 2.85. The first kappa shape index (κ1) is 7.30. The number of hydrogen-bond donors (Lipinski definition) is 0. The first-order valence-electron chi connectivity index (χ1n) is 3.07. The Balaban J connectivity index is 2.91. The third-order valence-electron chi connectivity index (χ3n) is 1.59. The summed E-state index contributed by atoms with van der Waals surface area (Å²) in [5.41, 5.74) is 1.09. The quantitative estimate of drug-likeness (QED) is 0.542. The maximum atomic E-state index is 10.6. The average Bonchev–Trinajstić information content (AvgIpc) is 2.33. The maximum absolute atomic E-state index is 10.6. The molecule has 1 rings (SSSR count). The first-order valence-corrected chi connectivity index (χ1v) is 3.45. The molecule has 0 aromatic heterocycles. The molecule has 52 valence electrons. The van der Waals surface area contributed by atoms with Crippen LogP contribution in [0, 0.1) is 11.3 Å². The van der Waals surface area contributed by atoms with Gasteiger partial charge in [0, 0.05) is 11.1 Å². The predicted molar refractivity (Wildman–Crippen MR) is 37.4 cm³/mol. The molecule has 10 heavy (non-hydrogen) atoms. The van der Waals surface area contributed by atoms with E-state index in [2.05, 4.69) is 0 Å². The van der Waals surface area contributed by atoms with Crippen molar-refractivity contribution < 1.29 is 4.79 Å². The number of nitrogens with zero attached hydrogens (tertiary/aromatic N) is 1. The van der Waals surface area contributed by atoms with Crippen molar-refractivity contribution >= 4 is 16.8 Å². The molecule has 0 heterocycles. The van der Waals surface area contributed by atoms with Gasteiger partial charge in [0.05, 0.1) is 6.07 Å². The smallest absolute Gasteiger partial charge is 0.249 e. The van der Waals surface area contributed by atoms with Crippen LogP contribution in [0.4, 0.5) is 0 Å². The van der Waals surface area contributed by atoms with Gasteiger partial charge >= 0.3 is 0 Å². The Bertz CT molecular complexity index is 236. The number of allylic oxidation sites excluding steroid dienone is 2. The van der Waals surface area contributed by atoms with Gasteiger partial charge in [-0.25, -0.2) is 0 Å². The summed E-state index contributed by atoms with van der Waals surface area (Å²) in [6.07, 6.45) is 2.27. The summed E-state index contributed by atoms with van der Waals surface area (Å²) in [5.74, 6) is 0. The van der Waals surface area contributed by atoms with Crippen LogP contribution in [-0.2, 0) is 4.79 Å². The molecule has 3 heteroatoms. The summed E-state index contributed by atoms with van der Waals surface area (Å²) in [5, 5.41) is 8.00. The topological polar surface area (TPSA) is 40.9 Å². The molecule has 0 spiro atoms. The monoisotopic (exact) mass is 155 g/mol. The van der Waals surface area contributed by atoms with E-state index < -0.39 is 5.24 Å². The third kappa shape index (κ3) is 1.19. The molecule has 0 aromatic rings. The summed E-state index contributed by atoms with van der Waals surface area (Å²) >= 11 is 5.21. The standard InChI is InChI=1S/C7H6ClNO/c8-7(10)6-3-1-2-5(6)4-9/h1-3H2. The second-order valence-electron chi connectivity index (χ2n) is 2.20. The van der Waals surface area contributed by atoms with E-state index in [1.54, 1.807) is 0 Å². The number of hydrogen-bond acceptors (Lipinski definition) is 2. The van der Waals surface area contributed by atoms with Crippen molar-refractivity contribution in [2.24, 2.45) is 0 Å². The van der Waals surface area contributed by atoms with E-state index in [9.17, 15) is 4.79 Å². The minimum atomic E-state index is -0.464. The minimum absolute atomic E-state index is 0.464. The van der Waals surface area contributed by atoms with E-state index in [-0.39, 0.29) is 0 Å². The summed E-state index contributed by atoms with van der Waals surface area (Å²) in [6, 6.07) is 1.97. The van der Waals surface area contributed by atoms with Crippen molar-refractivity contribution in [2.75, 3.05) is 0 Å². The van der Waals surface area contributed by atoms with E-state index in [1.807, 2.05) is 6.07 Å². The van der Waals surface area contributed by atoms with Crippen molar-refractivity contribution in [1.82, 2.24) is 0 Å². The van der Waals surface area contributed by atoms with E-state index in [1.165, 1.54) is 0 Å². The summed E-state index contributed by atoms with van der Waals surface area (Å²) in [4.78, 5) is 10.6. The summed E-state index contributed by atoms with van der Waals surface area (Å²) < 4.78 is 0. The van der Waals surface area contributed by atoms with Crippen LogP contribution >= 0.6 is 11.6 Å². The van der Waals surface area contributed by atoms with Crippen molar-refractivity contribution in [3.05, 3.63) is 11.1 Å². The molecule has 0 aliphatic heterocycles. The highest BCUT2D eigenvalue weighted by molar-refractivity contribution is 6.67. The molecule has 2 nitrogen and oxygen atoms in total. The van der Waals surface area contributed by atoms with Crippen molar-refractivity contribution in [2.45, 2.75) is 19.3 Å². The number of halogens is 1. The Hall–Kier alpha value is -0.810. The summed E-state index contributed by atoms with van der Waals surface area (Å²) in [7, 11) is 0. The van der Waals surface area contributed by atoms with Crippen LogP contribution < -0.4 is 0 Å². The maximum Gasteiger partial charge on any atom is 0.249 e. The van der Waals surface area contributed by atoms with Crippen LogP contribution in [0.15, 0.2) is 11.1 Å². The van der Waals surface area contributed by atoms with Gasteiger partial charge in [0.15, 0.2) is 0 Å². The number of nitriles is 1. The lowest BCUT2D eigenvalue weighted by Crippen LogP contribution is -1.90. The van der Waals surface area contributed by atoms with Crippen LogP contribution in [-0.4, -0.2) is 5.24 Å². The first-order chi connectivity index (χ1) is 4.75. The molecule has 1 aliphatic carbocycles. The Labute approximate surface area is 64.1 Å². The SMILES string of the molecule is N#CC1=C(C(=O)Cl)CCC1. The second-order valence-corrected chi connectivity index (χ2v) is 2.54. The summed E-state index contributed by atoms with van der Waals surface area (Å²) in [6.45, 7) is 0. The zero-order valence-electron chi connectivity index (χ0n) is 5.35. The lowest BCUT2D eigenvalue weighted by molar-refractivity contribution is -0.108. The van der Waals surface area contributed by atoms with Crippen molar-refractivity contribution in [3.8, 4) is 6.07 Å². The molecule has 0 saturated carbocycles. The highest BCUT2D eigenvalue weighted by Gasteiger charge is 2.18. The van der Waals surface area contributed by atoms with Gasteiger partial charge in [-0.05, 0) is 30.9 Å². The van der Waals surface area contributed by atoms with Gasteiger partial charge in [0.1, 0.15) is 0 Å². The molecule has 0 aromatic carbocycles. The molecule has 1 aliphatic rings. The van der Waals surface area contributed by atoms with Gasteiger partial charge in [-0.3, -0.25) is 4.79 Å². The van der Waals surface area contributed by atoms with E-state index in [4.69, 9.17) is 16.9 Å². The van der Waals surface area contributed by atoms with Gasteiger partial charge in [0.2, 0.25) is 5.24 Å². The highest BCUT2D eigenvalue weighted by atomic mass is 35.5. The number of carbonyl (C=O) groups excluding carboxylic acids is 1. The molecule has 0 radical (unpaired) electrons. The van der Waals surface area contributed by atoms with Crippen LogP contribution in [0.3, 0.4) is 0 Å². The molecule has 0 N–H and O–H groups in total. The molecule has 0 bridgehead atoms. The lowest BCUT2D eigenvalue weighted by atomic mass is 10.2.